The Kier molecular flexibility index (Phi) is 20.9. The Hall–Kier alpha value is -5.75. The molecule has 0 bridgehead atoms. The summed E-state index contributed by atoms with van der Waals surface area (Å²) in [5.74, 6) is 22.9. The Morgan fingerprint density at radius 3 is 1.40 bits per heavy atom. The summed E-state index contributed by atoms with van der Waals surface area (Å²) in [7, 11) is 0. The number of aliphatic hydroxyl groups is 1. The smallest absolute Gasteiger partial charge is 0.304 e. The van der Waals surface area contributed by atoms with Crippen molar-refractivity contribution < 1.29 is 52.8 Å². The highest BCUT2D eigenvalue weighted by atomic mass is 16.6. The Morgan fingerprint density at radius 2 is 0.885 bits per heavy atom. The zero-order valence-corrected chi connectivity index (χ0v) is 64.6. The van der Waals surface area contributed by atoms with Crippen molar-refractivity contribution in [3.63, 3.8) is 0 Å². The topological polar surface area (TPSA) is 152 Å². The molecule has 0 spiro atoms. The summed E-state index contributed by atoms with van der Waals surface area (Å²) in [6.45, 7) is 15.1. The van der Waals surface area contributed by atoms with Crippen LogP contribution in [0.5, 0.6) is 0 Å². The lowest BCUT2D eigenvalue weighted by molar-refractivity contribution is -0.168. The van der Waals surface area contributed by atoms with E-state index in [2.05, 4.69) is 75.7 Å². The highest BCUT2D eigenvalue weighted by Crippen LogP contribution is 2.70. The molecule has 0 aromatic heterocycles. The molecule has 11 nitrogen and oxygen atoms in total. The number of hydrogen-bond acceptors (Lipinski definition) is 11. The summed E-state index contributed by atoms with van der Waals surface area (Å²) in [6, 6.07) is 0. The molecule has 0 aromatic carbocycles. The standard InChI is InChI=1S/C27H36O3.C24H32O4.C22H28O3.C20H28O/c1-4-27(30-18(2)28)16-14-25-24-11-9-19-17-21(29-20-7-5-6-8-20)10-12-22(19)23(24)13-15-26(25,27)3;1-5-24(28-16(3)26)13-11-22-21-8-6-17-14-18(27-15(2)25)7-9-19(17)20(21)10-12-23(22,24)4;1-4-22(25-14(2)23)12-10-20-19-7-5-15-13-16(24)6-8-17(15)18(19)9-11-21(20,22)3;1-3-20(21)13-11-18-17-9-8-14-6-4-5-7-15(14)16(17)10-12-19(18,20)2/h1,9,17,20,22-25H,5-8,10-16H2,2-3H3;1,14,18-22H,6-13H2,2-4H3;1,13,17-20H,5-12H2,2-3H3;1,6,15-18,21H,4-5,7-13H2,2H3/t22-,23+,24+,25-,26-,27-;18-,19-,20+,21+,22-,23-,24-;17-,18+,19+,20-,21-,22-;15-,16+,17+,18-,19-,20-/m0000/s1. The summed E-state index contributed by atoms with van der Waals surface area (Å²) in [5, 5.41) is 10.9. The predicted octanol–water partition coefficient (Wildman–Crippen LogP) is 18.7. The first kappa shape index (κ1) is 75.1. The minimum absolute atomic E-state index is 0.0290. The summed E-state index contributed by atoms with van der Waals surface area (Å²) in [6.07, 6.45) is 75.7. The van der Waals surface area contributed by atoms with Crippen LogP contribution in [0, 0.1) is 166 Å². The minimum atomic E-state index is -0.842. The lowest BCUT2D eigenvalue weighted by Crippen LogP contribution is -2.53. The molecule has 17 aliphatic carbocycles. The van der Waals surface area contributed by atoms with Gasteiger partial charge in [-0.15, -0.1) is 25.7 Å². The molecule has 0 amide bonds. The molecule has 0 heterocycles. The second-order valence-electron chi connectivity index (χ2n) is 37.5. The molecule has 0 radical (unpaired) electrons. The third-order valence-electron chi connectivity index (χ3n) is 33.5. The van der Waals surface area contributed by atoms with Crippen molar-refractivity contribution in [3.05, 3.63) is 58.4 Å². The maximum Gasteiger partial charge on any atom is 0.304 e. The van der Waals surface area contributed by atoms with E-state index >= 15 is 0 Å². The van der Waals surface area contributed by atoms with Crippen molar-refractivity contribution in [2.45, 2.75) is 321 Å². The number of hydrogen-bond donors (Lipinski definition) is 1. The second kappa shape index (κ2) is 29.0. The molecule has 11 heteroatoms. The number of carbonyl (C=O) groups is 5. The number of esters is 4. The normalized spacial score (nSPS) is 45.7. The van der Waals surface area contributed by atoms with Crippen LogP contribution in [0.15, 0.2) is 58.4 Å². The van der Waals surface area contributed by atoms with Gasteiger partial charge < -0.3 is 28.8 Å². The molecule has 12 fully saturated rings. The van der Waals surface area contributed by atoms with Crippen LogP contribution in [-0.2, 0) is 47.7 Å². The van der Waals surface area contributed by atoms with Crippen molar-refractivity contribution in [1.82, 2.24) is 0 Å². The van der Waals surface area contributed by atoms with E-state index in [4.69, 9.17) is 49.4 Å². The number of allylic oxidation sites excluding steroid dienone is 8. The molecule has 0 saturated heterocycles. The number of fused-ring (bicyclic) bond motifs is 20. The maximum atomic E-state index is 11.9. The van der Waals surface area contributed by atoms with Gasteiger partial charge in [-0.1, -0.05) is 80.2 Å². The Labute approximate surface area is 624 Å². The molecule has 25 atom stereocenters. The van der Waals surface area contributed by atoms with Gasteiger partial charge in [0.05, 0.1) is 11.9 Å². The fourth-order valence-corrected chi connectivity index (χ4v) is 28.6. The first-order chi connectivity index (χ1) is 49.7. The molecule has 17 aliphatic rings. The molecule has 0 unspecified atom stereocenters. The van der Waals surface area contributed by atoms with Crippen LogP contribution < -0.4 is 0 Å². The summed E-state index contributed by atoms with van der Waals surface area (Å²) >= 11 is 0. The highest BCUT2D eigenvalue weighted by molar-refractivity contribution is 5.91. The van der Waals surface area contributed by atoms with Crippen molar-refractivity contribution in [1.29, 1.82) is 0 Å². The van der Waals surface area contributed by atoms with Crippen molar-refractivity contribution in [2.24, 2.45) is 116 Å². The van der Waals surface area contributed by atoms with E-state index in [1.54, 1.807) is 5.57 Å². The molecular formula is C93H124O11. The van der Waals surface area contributed by atoms with Gasteiger partial charge in [0, 0.05) is 62.2 Å². The van der Waals surface area contributed by atoms with Crippen LogP contribution >= 0.6 is 0 Å². The maximum absolute atomic E-state index is 11.9. The lowest BCUT2D eigenvalue weighted by atomic mass is 9.50. The van der Waals surface area contributed by atoms with Crippen molar-refractivity contribution >= 4 is 29.7 Å². The summed E-state index contributed by atoms with van der Waals surface area (Å²) < 4.78 is 29.3. The number of carbonyl (C=O) groups excluding carboxylic acids is 5. The third kappa shape index (κ3) is 12.7. The van der Waals surface area contributed by atoms with E-state index in [9.17, 15) is 29.1 Å². The number of ether oxygens (including phenoxy) is 5. The first-order valence-corrected chi connectivity index (χ1v) is 41.8. The van der Waals surface area contributed by atoms with Gasteiger partial charge in [0.2, 0.25) is 0 Å². The van der Waals surface area contributed by atoms with Crippen molar-refractivity contribution in [2.75, 3.05) is 0 Å². The molecule has 104 heavy (non-hydrogen) atoms. The summed E-state index contributed by atoms with van der Waals surface area (Å²) in [4.78, 5) is 58.5. The molecule has 562 valence electrons. The van der Waals surface area contributed by atoms with Gasteiger partial charge in [-0.25, -0.2) is 0 Å². The quantitative estimate of drug-likeness (QED) is 0.117. The van der Waals surface area contributed by atoms with E-state index in [1.165, 1.54) is 134 Å². The fraction of sp³-hybridized carbons (Fsp3) is 0.753. The monoisotopic (exact) mass is 1420 g/mol. The second-order valence-corrected chi connectivity index (χ2v) is 37.5. The van der Waals surface area contributed by atoms with Crippen LogP contribution in [0.3, 0.4) is 0 Å². The van der Waals surface area contributed by atoms with Gasteiger partial charge in [-0.05, 0) is 337 Å². The first-order valence-electron chi connectivity index (χ1n) is 41.8. The average molecular weight is 1420 g/mol. The van der Waals surface area contributed by atoms with E-state index in [1.807, 2.05) is 6.08 Å². The molecule has 0 aliphatic heterocycles. The van der Waals surface area contributed by atoms with E-state index in [-0.39, 0.29) is 51.6 Å². The van der Waals surface area contributed by atoms with Gasteiger partial charge in [0.25, 0.3) is 0 Å². The molecular weight excluding hydrogens is 1290 g/mol. The van der Waals surface area contributed by atoms with Crippen LogP contribution in [0.1, 0.15) is 287 Å². The van der Waals surface area contributed by atoms with Gasteiger partial charge in [-0.2, -0.15) is 0 Å². The van der Waals surface area contributed by atoms with Crippen LogP contribution in [0.25, 0.3) is 0 Å². The number of terminal acetylenes is 4. The van der Waals surface area contributed by atoms with E-state index < -0.39 is 22.4 Å². The Bertz CT molecular complexity index is 3700. The van der Waals surface area contributed by atoms with Gasteiger partial charge in [-0.3, -0.25) is 24.0 Å². The third-order valence-corrected chi connectivity index (χ3v) is 33.5. The lowest BCUT2D eigenvalue weighted by Gasteiger charge is -2.55. The van der Waals surface area contributed by atoms with Gasteiger partial charge in [0.15, 0.2) is 22.6 Å². The average Bonchev–Trinajstić information content (AvgIpc) is 1.52. The largest absolute Gasteiger partial charge is 0.495 e. The molecule has 17 rings (SSSR count). The van der Waals surface area contributed by atoms with Crippen molar-refractivity contribution in [3.8, 4) is 49.4 Å². The van der Waals surface area contributed by atoms with Crippen LogP contribution in [0.4, 0.5) is 0 Å². The van der Waals surface area contributed by atoms with Crippen LogP contribution in [0.2, 0.25) is 0 Å². The SMILES string of the molecule is C#C[C@]1(O)CC[C@H]2[C@@H]3CCC4=CCCC[C@@H]4[C@H]3CC[C@@]21C.C#C[C@]1(OC(C)=O)CC[C@H]2[C@@H]3CC=C4C=C(OC5CCCC5)CC[C@@H]4[C@H]3CC[C@@]21C.C#C[C@]1(OC(C)=O)CC[C@H]2[C@@H]3CCC4=CC(=O)CC[C@@H]4[C@H]3CC[C@@]21C.C#C[C@]1(OC(C)=O)CC[C@H]2[C@@H]3CCC4=C[C@@H](OC(C)=O)CC[C@@H]4[C@H]3CC[C@@]21C. The fourth-order valence-electron chi connectivity index (χ4n) is 28.6. The van der Waals surface area contributed by atoms with Gasteiger partial charge in [0.1, 0.15) is 11.7 Å². The highest BCUT2D eigenvalue weighted by Gasteiger charge is 2.68. The van der Waals surface area contributed by atoms with E-state index in [0.29, 0.717) is 89.3 Å². The Morgan fingerprint density at radius 1 is 0.423 bits per heavy atom. The number of rotatable bonds is 6. The summed E-state index contributed by atoms with van der Waals surface area (Å²) in [5.41, 5.74) is 2.83. The van der Waals surface area contributed by atoms with Gasteiger partial charge >= 0.3 is 23.9 Å². The Balaban J connectivity index is 0.000000118. The number of ketones is 1. The minimum Gasteiger partial charge on any atom is -0.495 e. The zero-order chi connectivity index (χ0) is 73.5. The molecule has 0 aromatic rings. The van der Waals surface area contributed by atoms with Crippen LogP contribution in [-0.4, -0.2) is 69.4 Å². The predicted molar refractivity (Wildman–Crippen MR) is 404 cm³/mol. The zero-order valence-electron chi connectivity index (χ0n) is 64.6. The molecule has 12 saturated carbocycles. The van der Waals surface area contributed by atoms with E-state index in [0.717, 1.165) is 165 Å². The molecule has 1 N–H and O–H groups in total.